The van der Waals surface area contributed by atoms with E-state index in [1.54, 1.807) is 0 Å². The van der Waals surface area contributed by atoms with Crippen LogP contribution in [-0.4, -0.2) is 123 Å². The van der Waals surface area contributed by atoms with Gasteiger partial charge >= 0.3 is 23.9 Å². The molecule has 0 saturated carbocycles. The van der Waals surface area contributed by atoms with Gasteiger partial charge in [0.1, 0.15) is 18.6 Å². The van der Waals surface area contributed by atoms with E-state index in [2.05, 4.69) is 62.0 Å². The van der Waals surface area contributed by atoms with Crippen molar-refractivity contribution in [3.63, 3.8) is 0 Å². The molecule has 620 valence electrons. The molecule has 14 nitrogen and oxygen atoms in total. The highest BCUT2D eigenvalue weighted by atomic mass is 16.6. The lowest BCUT2D eigenvalue weighted by molar-refractivity contribution is -0.151. The van der Waals surface area contributed by atoms with E-state index in [1.165, 1.54) is 193 Å². The van der Waals surface area contributed by atoms with E-state index >= 15 is 0 Å². The first kappa shape index (κ1) is 102. The van der Waals surface area contributed by atoms with Gasteiger partial charge in [-0.3, -0.25) is 28.8 Å². The first-order valence-corrected chi connectivity index (χ1v) is 46.2. The number of rotatable bonds is 86. The molecule has 0 rings (SSSR count). The Kier molecular flexibility index (Phi) is 80.6. The predicted molar refractivity (Wildman–Crippen MR) is 444 cm³/mol. The average Bonchev–Trinajstić information content (AvgIpc) is 1.68. The fourth-order valence-corrected chi connectivity index (χ4v) is 14.4. The Balaban J connectivity index is 5.40. The normalized spacial score (nSPS) is 11.6. The number of nitrogens with zero attached hydrogens (tertiary/aromatic N) is 2. The maximum Gasteiger partial charge on any atom is 0.306 e. The lowest BCUT2D eigenvalue weighted by Crippen LogP contribution is -2.40. The molecule has 0 aromatic heterocycles. The Hall–Kier alpha value is -3.26. The molecule has 0 atom stereocenters. The molecule has 0 aromatic rings. The smallest absolute Gasteiger partial charge is 0.306 e. The second kappa shape index (κ2) is 83.2. The molecule has 0 aliphatic heterocycles. The Labute approximate surface area is 650 Å². The van der Waals surface area contributed by atoms with E-state index in [1.807, 2.05) is 0 Å². The van der Waals surface area contributed by atoms with Gasteiger partial charge in [-0.25, -0.2) is 0 Å². The summed E-state index contributed by atoms with van der Waals surface area (Å²) in [6.07, 6.45) is 73.2. The molecule has 0 bridgehead atoms. The molecule has 2 N–H and O–H groups in total. The maximum absolute atomic E-state index is 13.3. The van der Waals surface area contributed by atoms with E-state index in [-0.39, 0.29) is 54.3 Å². The van der Waals surface area contributed by atoms with Gasteiger partial charge in [0, 0.05) is 51.9 Å². The molecule has 14 heteroatoms. The standard InChI is InChI=1S/C91H176N4O10/c1-7-13-19-25-31-41-55-69-88(98)102-81-63-49-35-47-61-77-94(75-59-45-33-43-57-71-90(100)104-84(65-51-37-27-21-15-9-3)66-52-38-28-22-16-10-4)79-73-92-86(96)83-87(97)93-74-80-95(78-62-48-36-50-64-82-103-89(99)70-56-42-32-26-20-14-8-2)76-60-46-34-44-58-72-91(101)105-85(67-53-39-29-23-17-11-5)68-54-40-30-24-18-12-6/h84-85H,7-83H2,1-6H3,(H,92,96)(H,93,97). The number of hydrogen-bond donors (Lipinski definition) is 2. The molecular weight excluding hydrogens is 1310 g/mol. The van der Waals surface area contributed by atoms with E-state index in [0.717, 1.165) is 245 Å². The Morgan fingerprint density at radius 1 is 0.238 bits per heavy atom. The van der Waals surface area contributed by atoms with Crippen molar-refractivity contribution < 1.29 is 47.7 Å². The van der Waals surface area contributed by atoms with Gasteiger partial charge in [0.25, 0.3) is 0 Å². The van der Waals surface area contributed by atoms with E-state index in [0.29, 0.717) is 52.0 Å². The van der Waals surface area contributed by atoms with Gasteiger partial charge in [-0.1, -0.05) is 324 Å². The number of ether oxygens (including phenoxy) is 4. The number of unbranched alkanes of at least 4 members (excludes halogenated alkanes) is 48. The van der Waals surface area contributed by atoms with Crippen LogP contribution in [0.4, 0.5) is 0 Å². The summed E-state index contributed by atoms with van der Waals surface area (Å²) in [5.41, 5.74) is 0. The summed E-state index contributed by atoms with van der Waals surface area (Å²) in [7, 11) is 0. The lowest BCUT2D eigenvalue weighted by Gasteiger charge is -2.23. The third kappa shape index (κ3) is 77.3. The van der Waals surface area contributed by atoms with Crippen molar-refractivity contribution in [3.8, 4) is 0 Å². The van der Waals surface area contributed by atoms with Gasteiger partial charge in [0.15, 0.2) is 0 Å². The molecule has 0 spiro atoms. The van der Waals surface area contributed by atoms with Crippen LogP contribution in [0.5, 0.6) is 0 Å². The monoisotopic (exact) mass is 1490 g/mol. The highest BCUT2D eigenvalue weighted by molar-refractivity contribution is 5.96. The largest absolute Gasteiger partial charge is 0.466 e. The number of carbonyl (C=O) groups is 6. The molecule has 0 heterocycles. The van der Waals surface area contributed by atoms with Crippen LogP contribution in [0.3, 0.4) is 0 Å². The lowest BCUT2D eigenvalue weighted by atomic mass is 10.0. The molecule has 0 aromatic carbocycles. The minimum Gasteiger partial charge on any atom is -0.466 e. The van der Waals surface area contributed by atoms with Gasteiger partial charge in [0.2, 0.25) is 11.8 Å². The van der Waals surface area contributed by atoms with Crippen LogP contribution in [0, 0.1) is 0 Å². The van der Waals surface area contributed by atoms with E-state index in [4.69, 9.17) is 18.9 Å². The Morgan fingerprint density at radius 2 is 0.448 bits per heavy atom. The van der Waals surface area contributed by atoms with Crippen LogP contribution in [-0.2, 0) is 47.7 Å². The Bertz CT molecular complexity index is 1730. The zero-order valence-corrected chi connectivity index (χ0v) is 70.6. The highest BCUT2D eigenvalue weighted by Crippen LogP contribution is 2.22. The van der Waals surface area contributed by atoms with E-state index < -0.39 is 0 Å². The molecular formula is C91H176N4O10. The zero-order valence-electron chi connectivity index (χ0n) is 70.6. The first-order valence-electron chi connectivity index (χ1n) is 46.2. The van der Waals surface area contributed by atoms with Crippen LogP contribution >= 0.6 is 0 Å². The first-order chi connectivity index (χ1) is 51.5. The number of esters is 4. The topological polar surface area (TPSA) is 170 Å². The zero-order chi connectivity index (χ0) is 76.5. The summed E-state index contributed by atoms with van der Waals surface area (Å²) in [6.45, 7) is 20.7. The van der Waals surface area contributed by atoms with Crippen LogP contribution in [0.15, 0.2) is 0 Å². The van der Waals surface area contributed by atoms with Crippen LogP contribution in [0.2, 0.25) is 0 Å². The summed E-state index contributed by atoms with van der Waals surface area (Å²) in [6, 6.07) is 0. The summed E-state index contributed by atoms with van der Waals surface area (Å²) < 4.78 is 23.4. The molecule has 0 fully saturated rings. The third-order valence-corrected chi connectivity index (χ3v) is 21.4. The molecule has 0 aliphatic carbocycles. The Morgan fingerprint density at radius 3 is 0.705 bits per heavy atom. The van der Waals surface area contributed by atoms with Gasteiger partial charge in [-0.15, -0.1) is 0 Å². The summed E-state index contributed by atoms with van der Waals surface area (Å²) >= 11 is 0. The second-order valence-electron chi connectivity index (χ2n) is 31.8. The van der Waals surface area contributed by atoms with Gasteiger partial charge in [0.05, 0.1) is 13.2 Å². The minimum atomic E-state index is -0.251. The van der Waals surface area contributed by atoms with Crippen LogP contribution in [0.25, 0.3) is 0 Å². The number of hydrogen-bond acceptors (Lipinski definition) is 12. The van der Waals surface area contributed by atoms with Gasteiger partial charge < -0.3 is 39.4 Å². The van der Waals surface area contributed by atoms with Gasteiger partial charge in [-0.05, 0) is 142 Å². The minimum absolute atomic E-state index is 0.0216. The van der Waals surface area contributed by atoms with Gasteiger partial charge in [-0.2, -0.15) is 0 Å². The summed E-state index contributed by atoms with van der Waals surface area (Å²) in [4.78, 5) is 82.4. The fourth-order valence-electron chi connectivity index (χ4n) is 14.4. The second-order valence-corrected chi connectivity index (χ2v) is 31.8. The van der Waals surface area contributed by atoms with Crippen molar-refractivity contribution in [2.24, 2.45) is 0 Å². The third-order valence-electron chi connectivity index (χ3n) is 21.4. The summed E-state index contributed by atoms with van der Waals surface area (Å²) in [5, 5.41) is 6.13. The van der Waals surface area contributed by atoms with Crippen molar-refractivity contribution in [2.75, 3.05) is 65.6 Å². The van der Waals surface area contributed by atoms with Crippen molar-refractivity contribution in [2.45, 2.75) is 484 Å². The van der Waals surface area contributed by atoms with Crippen molar-refractivity contribution in [1.29, 1.82) is 0 Å². The summed E-state index contributed by atoms with van der Waals surface area (Å²) in [5.74, 6) is -0.662. The quantitative estimate of drug-likeness (QED) is 0.0256. The number of nitrogens with one attached hydrogen (secondary N) is 2. The molecule has 2 amide bonds. The van der Waals surface area contributed by atoms with Crippen molar-refractivity contribution in [3.05, 3.63) is 0 Å². The highest BCUT2D eigenvalue weighted by Gasteiger charge is 2.18. The molecule has 0 unspecified atom stereocenters. The number of amides is 2. The predicted octanol–water partition coefficient (Wildman–Crippen LogP) is 25.0. The number of carbonyl (C=O) groups excluding carboxylic acids is 6. The SMILES string of the molecule is CCCCCCCCCC(=O)OCCCCCCCN(CCCCCCCC(=O)OC(CCCCCCCC)CCCCCCCC)CCNC(=O)CC(=O)NCCN(CCCCCCCOC(=O)CCCCCCCCC)CCCCCCCC(=O)OC(CCCCCCCC)CCCCCCCC. The molecule has 0 aliphatic rings. The van der Waals surface area contributed by atoms with Crippen molar-refractivity contribution >= 4 is 35.7 Å². The van der Waals surface area contributed by atoms with Crippen molar-refractivity contribution in [1.82, 2.24) is 20.4 Å². The molecule has 105 heavy (non-hydrogen) atoms. The average molecular weight is 1490 g/mol. The molecule has 0 saturated heterocycles. The van der Waals surface area contributed by atoms with E-state index in [9.17, 15) is 28.8 Å². The maximum atomic E-state index is 13.3. The van der Waals surface area contributed by atoms with Crippen LogP contribution in [0.1, 0.15) is 472 Å². The fraction of sp³-hybridized carbons (Fsp3) is 0.934. The molecule has 0 radical (unpaired) electrons. The van der Waals surface area contributed by atoms with Crippen LogP contribution < -0.4 is 10.6 Å².